The maximum atomic E-state index is 4.62. The molecule has 0 unspecified atom stereocenters. The average molecular weight is 334 g/mol. The topological polar surface area (TPSA) is 12.9 Å². The van der Waals surface area contributed by atoms with Crippen molar-refractivity contribution in [2.24, 2.45) is 0 Å². The summed E-state index contributed by atoms with van der Waals surface area (Å²) in [6.45, 7) is 0. The normalized spacial score (nSPS) is 11.1. The Hall–Kier alpha value is -2.19. The molecule has 3 aromatic carbocycles. The second kappa shape index (κ2) is 4.97. The SMILES string of the molecule is Brc1ccc2ncc3ccccc3c2c1-c1ccccc1. The molecule has 0 aliphatic rings. The molecule has 1 nitrogen and oxygen atoms in total. The van der Waals surface area contributed by atoms with Crippen LogP contribution >= 0.6 is 15.9 Å². The lowest BCUT2D eigenvalue weighted by Gasteiger charge is -2.11. The summed E-state index contributed by atoms with van der Waals surface area (Å²) < 4.78 is 1.10. The van der Waals surface area contributed by atoms with Crippen molar-refractivity contribution in [2.75, 3.05) is 0 Å². The monoisotopic (exact) mass is 333 g/mol. The van der Waals surface area contributed by atoms with Gasteiger partial charge in [-0.1, -0.05) is 70.5 Å². The fraction of sp³-hybridized carbons (Fsp3) is 0. The molecule has 100 valence electrons. The Kier molecular flexibility index (Phi) is 2.97. The van der Waals surface area contributed by atoms with E-state index in [9.17, 15) is 0 Å². The summed E-state index contributed by atoms with van der Waals surface area (Å²) in [6, 6.07) is 23.0. The number of pyridine rings is 1. The lowest BCUT2D eigenvalue weighted by Crippen LogP contribution is -1.88. The van der Waals surface area contributed by atoms with Crippen LogP contribution in [0.2, 0.25) is 0 Å². The van der Waals surface area contributed by atoms with Crippen LogP contribution in [0.3, 0.4) is 0 Å². The van der Waals surface area contributed by atoms with Crippen molar-refractivity contribution < 1.29 is 0 Å². The number of aromatic nitrogens is 1. The average Bonchev–Trinajstić information content (AvgIpc) is 2.55. The van der Waals surface area contributed by atoms with Crippen LogP contribution in [0.5, 0.6) is 0 Å². The molecule has 0 aliphatic heterocycles. The largest absolute Gasteiger partial charge is 0.256 e. The Labute approximate surface area is 131 Å². The zero-order valence-corrected chi connectivity index (χ0v) is 12.8. The highest BCUT2D eigenvalue weighted by atomic mass is 79.9. The molecule has 2 heteroatoms. The summed E-state index contributed by atoms with van der Waals surface area (Å²) in [7, 11) is 0. The molecule has 21 heavy (non-hydrogen) atoms. The van der Waals surface area contributed by atoms with Gasteiger partial charge in [0.2, 0.25) is 0 Å². The van der Waals surface area contributed by atoms with Crippen LogP contribution in [0.15, 0.2) is 77.4 Å². The fourth-order valence-electron chi connectivity index (χ4n) is 2.81. The van der Waals surface area contributed by atoms with Crippen molar-refractivity contribution >= 4 is 37.6 Å². The van der Waals surface area contributed by atoms with E-state index in [-0.39, 0.29) is 0 Å². The summed E-state index contributed by atoms with van der Waals surface area (Å²) in [5, 5.41) is 3.61. The highest BCUT2D eigenvalue weighted by Gasteiger charge is 2.11. The van der Waals surface area contributed by atoms with Gasteiger partial charge in [0.15, 0.2) is 0 Å². The van der Waals surface area contributed by atoms with Crippen molar-refractivity contribution in [1.82, 2.24) is 4.98 Å². The number of fused-ring (bicyclic) bond motifs is 3. The van der Waals surface area contributed by atoms with E-state index in [1.807, 2.05) is 12.3 Å². The van der Waals surface area contributed by atoms with Crippen molar-refractivity contribution in [3.8, 4) is 11.1 Å². The van der Waals surface area contributed by atoms with E-state index in [0.717, 1.165) is 9.99 Å². The quantitative estimate of drug-likeness (QED) is 0.400. The zero-order valence-electron chi connectivity index (χ0n) is 11.3. The third kappa shape index (κ3) is 2.03. The molecule has 1 heterocycles. The van der Waals surface area contributed by atoms with Crippen molar-refractivity contribution in [2.45, 2.75) is 0 Å². The fourth-order valence-corrected chi connectivity index (χ4v) is 3.37. The minimum atomic E-state index is 1.02. The molecule has 0 bridgehead atoms. The first-order valence-corrected chi connectivity index (χ1v) is 7.65. The van der Waals surface area contributed by atoms with Gasteiger partial charge in [-0.2, -0.15) is 0 Å². The van der Waals surface area contributed by atoms with Gasteiger partial charge >= 0.3 is 0 Å². The summed E-state index contributed by atoms with van der Waals surface area (Å²) in [6.07, 6.45) is 1.94. The third-order valence-corrected chi connectivity index (χ3v) is 4.43. The molecule has 4 rings (SSSR count). The highest BCUT2D eigenvalue weighted by molar-refractivity contribution is 9.10. The van der Waals surface area contributed by atoms with Crippen molar-refractivity contribution in [1.29, 1.82) is 0 Å². The summed E-state index contributed by atoms with van der Waals surface area (Å²) >= 11 is 3.71. The Balaban J connectivity index is 2.23. The number of benzene rings is 3. The minimum Gasteiger partial charge on any atom is -0.256 e. The highest BCUT2D eigenvalue weighted by Crippen LogP contribution is 2.38. The van der Waals surface area contributed by atoms with Crippen LogP contribution in [0.4, 0.5) is 0 Å². The van der Waals surface area contributed by atoms with Crippen LogP contribution in [0, 0.1) is 0 Å². The molecule has 0 fully saturated rings. The Morgan fingerprint density at radius 1 is 0.762 bits per heavy atom. The van der Waals surface area contributed by atoms with E-state index in [1.165, 1.54) is 27.3 Å². The lowest BCUT2D eigenvalue weighted by molar-refractivity contribution is 1.44. The van der Waals surface area contributed by atoms with Gasteiger partial charge in [-0.25, -0.2) is 0 Å². The van der Waals surface area contributed by atoms with Crippen LogP contribution in [0.25, 0.3) is 32.8 Å². The molecule has 0 spiro atoms. The second-order valence-corrected chi connectivity index (χ2v) is 5.88. The van der Waals surface area contributed by atoms with Gasteiger partial charge in [0.05, 0.1) is 5.52 Å². The van der Waals surface area contributed by atoms with E-state index in [2.05, 4.69) is 81.6 Å². The number of hydrogen-bond acceptors (Lipinski definition) is 1. The molecule has 1 aromatic heterocycles. The molecule has 4 aromatic rings. The van der Waals surface area contributed by atoms with Crippen LogP contribution in [-0.2, 0) is 0 Å². The van der Waals surface area contributed by atoms with Crippen molar-refractivity contribution in [3.05, 3.63) is 77.4 Å². The van der Waals surface area contributed by atoms with E-state index >= 15 is 0 Å². The van der Waals surface area contributed by atoms with Gasteiger partial charge in [0.25, 0.3) is 0 Å². The Morgan fingerprint density at radius 2 is 1.52 bits per heavy atom. The molecule has 0 saturated carbocycles. The zero-order chi connectivity index (χ0) is 14.2. The van der Waals surface area contributed by atoms with Gasteiger partial charge in [-0.3, -0.25) is 4.98 Å². The minimum absolute atomic E-state index is 1.02. The molecule has 0 amide bonds. The molecule has 0 N–H and O–H groups in total. The number of rotatable bonds is 1. The molecular weight excluding hydrogens is 322 g/mol. The van der Waals surface area contributed by atoms with Gasteiger partial charge in [-0.15, -0.1) is 0 Å². The summed E-state index contributed by atoms with van der Waals surface area (Å²) in [5.74, 6) is 0. The predicted octanol–water partition coefficient (Wildman–Crippen LogP) is 5.82. The number of hydrogen-bond donors (Lipinski definition) is 0. The first-order valence-electron chi connectivity index (χ1n) is 6.86. The number of halogens is 1. The third-order valence-electron chi connectivity index (χ3n) is 3.77. The standard InChI is InChI=1S/C19H12BrN/c20-16-10-11-17-19(18(16)13-6-2-1-3-7-13)15-9-5-4-8-14(15)12-21-17/h1-12H. The molecule has 0 radical (unpaired) electrons. The molecular formula is C19H12BrN. The maximum Gasteiger partial charge on any atom is 0.0715 e. The second-order valence-electron chi connectivity index (χ2n) is 5.03. The molecule has 0 saturated heterocycles. The summed E-state index contributed by atoms with van der Waals surface area (Å²) in [4.78, 5) is 4.62. The van der Waals surface area contributed by atoms with E-state index in [1.54, 1.807) is 0 Å². The maximum absolute atomic E-state index is 4.62. The Bertz CT molecular complexity index is 945. The first-order chi connectivity index (χ1) is 10.3. The predicted molar refractivity (Wildman–Crippen MR) is 92.4 cm³/mol. The molecule has 0 atom stereocenters. The molecule has 0 aliphatic carbocycles. The van der Waals surface area contributed by atoms with Crippen LogP contribution in [-0.4, -0.2) is 4.98 Å². The Morgan fingerprint density at radius 3 is 2.38 bits per heavy atom. The number of nitrogens with zero attached hydrogens (tertiary/aromatic N) is 1. The smallest absolute Gasteiger partial charge is 0.0715 e. The van der Waals surface area contributed by atoms with Crippen LogP contribution < -0.4 is 0 Å². The van der Waals surface area contributed by atoms with E-state index in [0.29, 0.717) is 0 Å². The van der Waals surface area contributed by atoms with Crippen LogP contribution in [0.1, 0.15) is 0 Å². The van der Waals surface area contributed by atoms with Gasteiger partial charge in [0.1, 0.15) is 0 Å². The van der Waals surface area contributed by atoms with E-state index in [4.69, 9.17) is 0 Å². The van der Waals surface area contributed by atoms with Gasteiger partial charge < -0.3 is 0 Å². The van der Waals surface area contributed by atoms with Crippen molar-refractivity contribution in [3.63, 3.8) is 0 Å². The van der Waals surface area contributed by atoms with Gasteiger partial charge in [0, 0.05) is 27.0 Å². The lowest BCUT2D eigenvalue weighted by atomic mass is 9.97. The van der Waals surface area contributed by atoms with E-state index < -0.39 is 0 Å². The first kappa shape index (κ1) is 12.5. The summed E-state index contributed by atoms with van der Waals surface area (Å²) in [5.41, 5.74) is 3.43. The van der Waals surface area contributed by atoms with Gasteiger partial charge in [-0.05, 0) is 23.1 Å².